The van der Waals surface area contributed by atoms with E-state index in [1.807, 2.05) is 6.07 Å². The van der Waals surface area contributed by atoms with Crippen LogP contribution < -0.4 is 10.6 Å². The summed E-state index contributed by atoms with van der Waals surface area (Å²) in [6.45, 7) is 8.55. The molecule has 0 saturated carbocycles. The molecule has 0 radical (unpaired) electrons. The van der Waals surface area contributed by atoms with Crippen molar-refractivity contribution >= 4 is 5.96 Å². The van der Waals surface area contributed by atoms with E-state index in [0.29, 0.717) is 18.0 Å². The van der Waals surface area contributed by atoms with Crippen LogP contribution in [0.3, 0.4) is 0 Å². The van der Waals surface area contributed by atoms with Crippen molar-refractivity contribution in [3.63, 3.8) is 0 Å². The Balaban J connectivity index is 1.87. The molecule has 1 aliphatic heterocycles. The number of hydrogen-bond donors (Lipinski definition) is 2. The molecule has 1 aliphatic rings. The van der Waals surface area contributed by atoms with Crippen molar-refractivity contribution in [1.29, 1.82) is 0 Å². The van der Waals surface area contributed by atoms with E-state index in [-0.39, 0.29) is 5.82 Å². The Kier molecular flexibility index (Phi) is 6.84. The third-order valence-corrected chi connectivity index (χ3v) is 4.38. The Morgan fingerprint density at radius 2 is 2.04 bits per heavy atom. The molecule has 0 aliphatic carbocycles. The van der Waals surface area contributed by atoms with Gasteiger partial charge in [0.25, 0.3) is 0 Å². The number of aryl methyl sites for hydroxylation is 1. The molecule has 0 amide bonds. The number of halogens is 1. The Labute approximate surface area is 139 Å². The summed E-state index contributed by atoms with van der Waals surface area (Å²) >= 11 is 0. The molecule has 0 unspecified atom stereocenters. The van der Waals surface area contributed by atoms with E-state index in [1.165, 1.54) is 32.0 Å². The lowest BCUT2D eigenvalue weighted by molar-refractivity contribution is 0.220. The molecule has 0 atom stereocenters. The first-order valence-corrected chi connectivity index (χ1v) is 8.54. The smallest absolute Gasteiger partial charge is 0.191 e. The van der Waals surface area contributed by atoms with Gasteiger partial charge in [0.1, 0.15) is 5.82 Å². The standard InChI is InChI=1S/C18H29FN4/c1-4-20-18(21-12-15-7-9-23(3)10-8-15)22-13-16-5-6-17(19)14(2)11-16/h5-6,11,15H,4,7-10,12-13H2,1-3H3,(H2,20,21,22). The highest BCUT2D eigenvalue weighted by molar-refractivity contribution is 5.79. The van der Waals surface area contributed by atoms with Crippen LogP contribution in [0.4, 0.5) is 4.39 Å². The van der Waals surface area contributed by atoms with Gasteiger partial charge in [-0.1, -0.05) is 12.1 Å². The van der Waals surface area contributed by atoms with Crippen molar-refractivity contribution in [3.05, 3.63) is 35.1 Å². The van der Waals surface area contributed by atoms with Gasteiger partial charge in [0.05, 0.1) is 6.54 Å². The number of benzene rings is 1. The minimum atomic E-state index is -0.162. The third-order valence-electron chi connectivity index (χ3n) is 4.38. The monoisotopic (exact) mass is 320 g/mol. The van der Waals surface area contributed by atoms with E-state index in [9.17, 15) is 4.39 Å². The van der Waals surface area contributed by atoms with Gasteiger partial charge in [-0.2, -0.15) is 0 Å². The fourth-order valence-corrected chi connectivity index (χ4v) is 2.82. The molecule has 1 fully saturated rings. The summed E-state index contributed by atoms with van der Waals surface area (Å²) in [5.74, 6) is 1.39. The summed E-state index contributed by atoms with van der Waals surface area (Å²) in [7, 11) is 2.18. The first-order valence-electron chi connectivity index (χ1n) is 8.54. The number of hydrogen-bond acceptors (Lipinski definition) is 2. The van der Waals surface area contributed by atoms with E-state index in [0.717, 1.165) is 24.6 Å². The van der Waals surface area contributed by atoms with Gasteiger partial charge in [-0.25, -0.2) is 9.38 Å². The largest absolute Gasteiger partial charge is 0.357 e. The number of guanidine groups is 1. The van der Waals surface area contributed by atoms with Crippen LogP contribution in [0.5, 0.6) is 0 Å². The van der Waals surface area contributed by atoms with Crippen LogP contribution in [0.15, 0.2) is 23.2 Å². The second-order valence-electron chi connectivity index (χ2n) is 6.41. The minimum Gasteiger partial charge on any atom is -0.357 e. The first-order chi connectivity index (χ1) is 11.1. The summed E-state index contributed by atoms with van der Waals surface area (Å²) in [6.07, 6.45) is 2.47. The molecule has 1 heterocycles. The lowest BCUT2D eigenvalue weighted by atomic mass is 9.97. The second-order valence-corrected chi connectivity index (χ2v) is 6.41. The van der Waals surface area contributed by atoms with Crippen LogP contribution in [0.2, 0.25) is 0 Å². The van der Waals surface area contributed by atoms with Crippen LogP contribution >= 0.6 is 0 Å². The Bertz CT molecular complexity index is 522. The normalized spacial score (nSPS) is 17.3. The SMILES string of the molecule is CCNC(=NCc1ccc(F)c(C)c1)NCC1CCN(C)CC1. The number of aliphatic imine (C=N–C) groups is 1. The van der Waals surface area contributed by atoms with Crippen LogP contribution in [0.1, 0.15) is 30.9 Å². The van der Waals surface area contributed by atoms with Crippen LogP contribution in [-0.2, 0) is 6.54 Å². The van der Waals surface area contributed by atoms with Crippen molar-refractivity contribution < 1.29 is 4.39 Å². The van der Waals surface area contributed by atoms with Crippen LogP contribution in [0, 0.1) is 18.7 Å². The van der Waals surface area contributed by atoms with Crippen molar-refractivity contribution in [2.45, 2.75) is 33.2 Å². The van der Waals surface area contributed by atoms with E-state index in [4.69, 9.17) is 0 Å². The number of likely N-dealkylation sites (tertiary alicyclic amines) is 1. The average Bonchev–Trinajstić information content (AvgIpc) is 2.55. The van der Waals surface area contributed by atoms with Gasteiger partial charge in [0.2, 0.25) is 0 Å². The molecule has 5 heteroatoms. The van der Waals surface area contributed by atoms with E-state index >= 15 is 0 Å². The summed E-state index contributed by atoms with van der Waals surface area (Å²) in [6, 6.07) is 5.17. The highest BCUT2D eigenvalue weighted by Gasteiger charge is 2.16. The molecule has 0 spiro atoms. The third kappa shape index (κ3) is 5.82. The average molecular weight is 320 g/mol. The topological polar surface area (TPSA) is 39.7 Å². The van der Waals surface area contributed by atoms with Gasteiger partial charge >= 0.3 is 0 Å². The van der Waals surface area contributed by atoms with Crippen molar-refractivity contribution in [1.82, 2.24) is 15.5 Å². The first kappa shape index (κ1) is 17.7. The molecular weight excluding hydrogens is 291 g/mol. The quantitative estimate of drug-likeness (QED) is 0.647. The maximum absolute atomic E-state index is 13.3. The number of nitrogens with zero attached hydrogens (tertiary/aromatic N) is 2. The lowest BCUT2D eigenvalue weighted by Crippen LogP contribution is -2.42. The predicted molar refractivity (Wildman–Crippen MR) is 94.2 cm³/mol. The Hall–Kier alpha value is -1.62. The number of rotatable bonds is 5. The molecule has 0 bridgehead atoms. The van der Waals surface area contributed by atoms with Gasteiger partial charge < -0.3 is 15.5 Å². The van der Waals surface area contributed by atoms with Crippen LogP contribution in [0.25, 0.3) is 0 Å². The molecule has 1 aromatic carbocycles. The van der Waals surface area contributed by atoms with E-state index in [1.54, 1.807) is 13.0 Å². The zero-order chi connectivity index (χ0) is 16.7. The summed E-state index contributed by atoms with van der Waals surface area (Å²) in [5, 5.41) is 6.73. The molecule has 2 N–H and O–H groups in total. The maximum atomic E-state index is 13.3. The molecule has 23 heavy (non-hydrogen) atoms. The highest BCUT2D eigenvalue weighted by Crippen LogP contribution is 2.14. The maximum Gasteiger partial charge on any atom is 0.191 e. The fourth-order valence-electron chi connectivity index (χ4n) is 2.82. The van der Waals surface area contributed by atoms with Crippen LogP contribution in [-0.4, -0.2) is 44.1 Å². The molecule has 128 valence electrons. The number of piperidine rings is 1. The molecule has 1 aromatic rings. The Morgan fingerprint density at radius 3 is 2.70 bits per heavy atom. The summed E-state index contributed by atoms with van der Waals surface area (Å²) in [5.41, 5.74) is 1.70. The molecule has 1 saturated heterocycles. The van der Waals surface area contributed by atoms with Gasteiger partial charge in [-0.3, -0.25) is 0 Å². The summed E-state index contributed by atoms with van der Waals surface area (Å²) < 4.78 is 13.3. The second kappa shape index (κ2) is 8.87. The van der Waals surface area contributed by atoms with Gasteiger partial charge in [-0.15, -0.1) is 0 Å². The molecule has 4 nitrogen and oxygen atoms in total. The van der Waals surface area contributed by atoms with Gasteiger partial charge in [0, 0.05) is 13.1 Å². The van der Waals surface area contributed by atoms with Gasteiger partial charge in [-0.05, 0) is 69.9 Å². The number of nitrogens with one attached hydrogen (secondary N) is 2. The van der Waals surface area contributed by atoms with Crippen molar-refractivity contribution in [3.8, 4) is 0 Å². The van der Waals surface area contributed by atoms with Gasteiger partial charge in [0.15, 0.2) is 5.96 Å². The highest BCUT2D eigenvalue weighted by atomic mass is 19.1. The molecule has 0 aromatic heterocycles. The minimum absolute atomic E-state index is 0.162. The lowest BCUT2D eigenvalue weighted by Gasteiger charge is -2.29. The predicted octanol–water partition coefficient (Wildman–Crippen LogP) is 2.53. The molecule has 2 rings (SSSR count). The van der Waals surface area contributed by atoms with E-state index in [2.05, 4.69) is 34.5 Å². The van der Waals surface area contributed by atoms with Crippen molar-refractivity contribution in [2.75, 3.05) is 33.2 Å². The van der Waals surface area contributed by atoms with Crippen molar-refractivity contribution in [2.24, 2.45) is 10.9 Å². The van der Waals surface area contributed by atoms with E-state index < -0.39 is 0 Å². The fraction of sp³-hybridized carbons (Fsp3) is 0.611. The Morgan fingerprint density at radius 1 is 1.30 bits per heavy atom. The molecular formula is C18H29FN4. The summed E-state index contributed by atoms with van der Waals surface area (Å²) in [4.78, 5) is 7.00. The zero-order valence-electron chi connectivity index (χ0n) is 14.5. The zero-order valence-corrected chi connectivity index (χ0v) is 14.5.